The second kappa shape index (κ2) is 6.04. The Morgan fingerprint density at radius 2 is 2.37 bits per heavy atom. The van der Waals surface area contributed by atoms with Crippen molar-refractivity contribution in [2.45, 2.75) is 13.0 Å². The number of anilines is 1. The number of morpholine rings is 1. The maximum absolute atomic E-state index is 11.2. The van der Waals surface area contributed by atoms with Crippen LogP contribution in [0.2, 0.25) is 0 Å². The van der Waals surface area contributed by atoms with Gasteiger partial charge in [0, 0.05) is 30.9 Å². The Morgan fingerprint density at radius 3 is 3.00 bits per heavy atom. The van der Waals surface area contributed by atoms with Crippen LogP contribution in [0.4, 0.5) is 5.69 Å². The molecule has 1 aromatic carbocycles. The summed E-state index contributed by atoms with van der Waals surface area (Å²) in [5.74, 6) is -0.376. The second-order valence-electron chi connectivity index (χ2n) is 4.86. The number of rotatable bonds is 4. The summed E-state index contributed by atoms with van der Waals surface area (Å²) >= 11 is 0. The molecule has 5 heteroatoms. The SMILES string of the molecule is CNCC1CN(c2ccc(C(N)=O)c(C)c2)CCO1. The third-order valence-electron chi connectivity index (χ3n) is 3.41. The summed E-state index contributed by atoms with van der Waals surface area (Å²) in [7, 11) is 1.92. The molecule has 0 bridgehead atoms. The normalized spacial score (nSPS) is 19.5. The van der Waals surface area contributed by atoms with E-state index in [-0.39, 0.29) is 12.0 Å². The van der Waals surface area contributed by atoms with Crippen LogP contribution >= 0.6 is 0 Å². The average molecular weight is 263 g/mol. The number of hydrogen-bond acceptors (Lipinski definition) is 4. The fraction of sp³-hybridized carbons (Fsp3) is 0.500. The van der Waals surface area contributed by atoms with Gasteiger partial charge in [-0.15, -0.1) is 0 Å². The lowest BCUT2D eigenvalue weighted by molar-refractivity contribution is 0.0421. The Bertz CT molecular complexity index is 460. The lowest BCUT2D eigenvalue weighted by Crippen LogP contribution is -2.46. The molecule has 1 aliphatic rings. The first kappa shape index (κ1) is 13.8. The molecule has 0 radical (unpaired) electrons. The van der Waals surface area contributed by atoms with Gasteiger partial charge in [-0.3, -0.25) is 4.79 Å². The highest BCUT2D eigenvalue weighted by Gasteiger charge is 2.20. The number of hydrogen-bond donors (Lipinski definition) is 2. The fourth-order valence-corrected chi connectivity index (χ4v) is 2.43. The largest absolute Gasteiger partial charge is 0.373 e. The number of carbonyl (C=O) groups is 1. The number of nitrogens with two attached hydrogens (primary N) is 1. The number of carbonyl (C=O) groups excluding carboxylic acids is 1. The Kier molecular flexibility index (Phi) is 4.39. The zero-order chi connectivity index (χ0) is 13.8. The van der Waals surface area contributed by atoms with Crippen LogP contribution < -0.4 is 16.0 Å². The van der Waals surface area contributed by atoms with Crippen LogP contribution in [-0.4, -0.2) is 45.3 Å². The summed E-state index contributed by atoms with van der Waals surface area (Å²) in [5.41, 5.74) is 7.95. The number of ether oxygens (including phenoxy) is 1. The van der Waals surface area contributed by atoms with Gasteiger partial charge < -0.3 is 20.7 Å². The summed E-state index contributed by atoms with van der Waals surface area (Å²) in [6, 6.07) is 5.77. The van der Waals surface area contributed by atoms with Gasteiger partial charge in [-0.25, -0.2) is 0 Å². The molecule has 2 rings (SSSR count). The van der Waals surface area contributed by atoms with Gasteiger partial charge in [-0.05, 0) is 37.7 Å². The van der Waals surface area contributed by atoms with Crippen molar-refractivity contribution in [3.63, 3.8) is 0 Å². The lowest BCUT2D eigenvalue weighted by Gasteiger charge is -2.34. The molecule has 1 unspecified atom stereocenters. The molecule has 1 saturated heterocycles. The summed E-state index contributed by atoms with van der Waals surface area (Å²) in [5, 5.41) is 3.13. The van der Waals surface area contributed by atoms with Crippen molar-refractivity contribution in [2.75, 3.05) is 38.2 Å². The Hall–Kier alpha value is -1.59. The minimum atomic E-state index is -0.376. The van der Waals surface area contributed by atoms with E-state index in [2.05, 4.69) is 10.2 Å². The minimum Gasteiger partial charge on any atom is -0.373 e. The van der Waals surface area contributed by atoms with Gasteiger partial charge in [0.15, 0.2) is 0 Å². The number of nitrogens with one attached hydrogen (secondary N) is 1. The van der Waals surface area contributed by atoms with E-state index in [1.54, 1.807) is 6.07 Å². The molecule has 1 fully saturated rings. The Labute approximate surface area is 113 Å². The van der Waals surface area contributed by atoms with Crippen molar-refractivity contribution in [3.05, 3.63) is 29.3 Å². The molecule has 1 atom stereocenters. The maximum Gasteiger partial charge on any atom is 0.248 e. The van der Waals surface area contributed by atoms with E-state index in [4.69, 9.17) is 10.5 Å². The van der Waals surface area contributed by atoms with Crippen molar-refractivity contribution in [2.24, 2.45) is 5.73 Å². The maximum atomic E-state index is 11.2. The van der Waals surface area contributed by atoms with E-state index in [0.29, 0.717) is 5.56 Å². The third-order valence-corrected chi connectivity index (χ3v) is 3.41. The first-order chi connectivity index (χ1) is 9.11. The molecule has 5 nitrogen and oxygen atoms in total. The van der Waals surface area contributed by atoms with E-state index >= 15 is 0 Å². The van der Waals surface area contributed by atoms with Gasteiger partial charge in [-0.2, -0.15) is 0 Å². The standard InChI is InChI=1S/C14H21N3O2/c1-10-7-11(3-4-13(10)14(15)18)17-5-6-19-12(9-17)8-16-2/h3-4,7,12,16H,5-6,8-9H2,1-2H3,(H2,15,18). The molecular weight excluding hydrogens is 242 g/mol. The molecule has 3 N–H and O–H groups in total. The second-order valence-corrected chi connectivity index (χ2v) is 4.86. The van der Waals surface area contributed by atoms with Crippen LogP contribution in [0.15, 0.2) is 18.2 Å². The van der Waals surface area contributed by atoms with Gasteiger partial charge in [0.25, 0.3) is 0 Å². The van der Waals surface area contributed by atoms with Crippen LogP contribution in [0.5, 0.6) is 0 Å². The van der Waals surface area contributed by atoms with E-state index < -0.39 is 0 Å². The highest BCUT2D eigenvalue weighted by molar-refractivity contribution is 5.94. The molecule has 0 aromatic heterocycles. The monoisotopic (exact) mass is 263 g/mol. The Balaban J connectivity index is 2.13. The number of likely N-dealkylation sites (N-methyl/N-ethyl adjacent to an activating group) is 1. The third kappa shape index (κ3) is 3.24. The van der Waals surface area contributed by atoms with Crippen LogP contribution in [0.3, 0.4) is 0 Å². The van der Waals surface area contributed by atoms with E-state index in [0.717, 1.165) is 37.5 Å². The number of primary amides is 1. The van der Waals surface area contributed by atoms with E-state index in [9.17, 15) is 4.79 Å². The summed E-state index contributed by atoms with van der Waals surface area (Å²) < 4.78 is 5.68. The molecule has 104 valence electrons. The predicted octanol–water partition coefficient (Wildman–Crippen LogP) is 0.519. The van der Waals surface area contributed by atoms with Crippen molar-refractivity contribution < 1.29 is 9.53 Å². The van der Waals surface area contributed by atoms with Gasteiger partial charge >= 0.3 is 0 Å². The van der Waals surface area contributed by atoms with E-state index in [1.807, 2.05) is 26.1 Å². The zero-order valence-corrected chi connectivity index (χ0v) is 11.5. The number of amides is 1. The lowest BCUT2D eigenvalue weighted by atomic mass is 10.1. The molecule has 0 spiro atoms. The highest BCUT2D eigenvalue weighted by atomic mass is 16.5. The van der Waals surface area contributed by atoms with Crippen LogP contribution in [0, 0.1) is 6.92 Å². The number of aryl methyl sites for hydroxylation is 1. The topological polar surface area (TPSA) is 67.6 Å². The smallest absolute Gasteiger partial charge is 0.248 e. The van der Waals surface area contributed by atoms with Gasteiger partial charge in [0.1, 0.15) is 0 Å². The van der Waals surface area contributed by atoms with Crippen LogP contribution in [0.25, 0.3) is 0 Å². The highest BCUT2D eigenvalue weighted by Crippen LogP contribution is 2.21. The fourth-order valence-electron chi connectivity index (χ4n) is 2.43. The van der Waals surface area contributed by atoms with Crippen LogP contribution in [-0.2, 0) is 4.74 Å². The van der Waals surface area contributed by atoms with Crippen molar-refractivity contribution in [3.8, 4) is 0 Å². The molecule has 0 aliphatic carbocycles. The van der Waals surface area contributed by atoms with Gasteiger partial charge in [0.05, 0.1) is 12.7 Å². The van der Waals surface area contributed by atoms with Crippen molar-refractivity contribution >= 4 is 11.6 Å². The Morgan fingerprint density at radius 1 is 1.58 bits per heavy atom. The number of nitrogens with zero attached hydrogens (tertiary/aromatic N) is 1. The summed E-state index contributed by atoms with van der Waals surface area (Å²) in [6.45, 7) is 5.21. The first-order valence-electron chi connectivity index (χ1n) is 6.53. The van der Waals surface area contributed by atoms with Crippen molar-refractivity contribution in [1.82, 2.24) is 5.32 Å². The zero-order valence-electron chi connectivity index (χ0n) is 11.5. The minimum absolute atomic E-state index is 0.204. The average Bonchev–Trinajstić information content (AvgIpc) is 2.39. The van der Waals surface area contributed by atoms with Gasteiger partial charge in [0.2, 0.25) is 5.91 Å². The molecule has 1 heterocycles. The molecule has 1 aromatic rings. The molecule has 1 amide bonds. The molecule has 0 saturated carbocycles. The first-order valence-corrected chi connectivity index (χ1v) is 6.53. The predicted molar refractivity (Wildman–Crippen MR) is 75.6 cm³/mol. The van der Waals surface area contributed by atoms with E-state index in [1.165, 1.54) is 0 Å². The van der Waals surface area contributed by atoms with Crippen LogP contribution in [0.1, 0.15) is 15.9 Å². The summed E-state index contributed by atoms with van der Waals surface area (Å²) in [4.78, 5) is 13.5. The molecular formula is C14H21N3O2. The molecule has 1 aliphatic heterocycles. The quantitative estimate of drug-likeness (QED) is 0.831. The number of benzene rings is 1. The van der Waals surface area contributed by atoms with Gasteiger partial charge in [-0.1, -0.05) is 0 Å². The molecule has 19 heavy (non-hydrogen) atoms. The summed E-state index contributed by atoms with van der Waals surface area (Å²) in [6.07, 6.45) is 0.204. The van der Waals surface area contributed by atoms with Crippen molar-refractivity contribution in [1.29, 1.82) is 0 Å².